The highest BCUT2D eigenvalue weighted by molar-refractivity contribution is 8.24. The molecule has 1 fully saturated rings. The summed E-state index contributed by atoms with van der Waals surface area (Å²) in [5, 5.41) is 8.29. The first-order valence-electron chi connectivity index (χ1n) is 6.15. The lowest BCUT2D eigenvalue weighted by molar-refractivity contribution is -0.126. The summed E-state index contributed by atoms with van der Waals surface area (Å²) in [6, 6.07) is 7.20. The van der Waals surface area contributed by atoms with Crippen LogP contribution in [0.25, 0.3) is 11.5 Å². The third-order valence-electron chi connectivity index (χ3n) is 2.98. The lowest BCUT2D eigenvalue weighted by atomic mass is 10.2. The quantitative estimate of drug-likeness (QED) is 0.801. The monoisotopic (exact) mass is 339 g/mol. The van der Waals surface area contributed by atoms with E-state index in [0.29, 0.717) is 26.7 Å². The highest BCUT2D eigenvalue weighted by Gasteiger charge is 2.34. The van der Waals surface area contributed by atoms with E-state index in [0.717, 1.165) is 0 Å². The van der Waals surface area contributed by atoms with Crippen LogP contribution in [0, 0.1) is 0 Å². The highest BCUT2D eigenvalue weighted by Crippen LogP contribution is 2.30. The van der Waals surface area contributed by atoms with Gasteiger partial charge in [-0.05, 0) is 19.1 Å². The Hall–Kier alpha value is -1.44. The van der Waals surface area contributed by atoms with Crippen molar-refractivity contribution >= 4 is 45.8 Å². The fourth-order valence-electron chi connectivity index (χ4n) is 1.91. The molecule has 1 unspecified atom stereocenters. The molecule has 2 heterocycles. The second kappa shape index (κ2) is 5.75. The molecule has 0 aliphatic carbocycles. The molecule has 1 aromatic heterocycles. The second-order valence-electron chi connectivity index (χ2n) is 4.43. The van der Waals surface area contributed by atoms with Gasteiger partial charge in [0.1, 0.15) is 10.9 Å². The number of thiocarbonyl (C=S) groups is 1. The first-order valence-corrected chi connectivity index (χ1v) is 7.82. The molecule has 1 amide bonds. The molecule has 1 saturated heterocycles. The van der Waals surface area contributed by atoms with Crippen LogP contribution in [-0.4, -0.2) is 30.6 Å². The highest BCUT2D eigenvalue weighted by atomic mass is 35.5. The number of carbonyl (C=O) groups is 1. The van der Waals surface area contributed by atoms with Crippen LogP contribution < -0.4 is 0 Å². The summed E-state index contributed by atoms with van der Waals surface area (Å²) in [5.74, 6) is 0.617. The number of aromatic nitrogens is 2. The molecule has 0 radical (unpaired) electrons. The SMILES string of the molecule is CC1SC(=S)N(Cc2nnc(-c3ccccc3Cl)o2)C1=O. The molecule has 0 bridgehead atoms. The smallest absolute Gasteiger partial charge is 0.249 e. The van der Waals surface area contributed by atoms with Gasteiger partial charge in [-0.25, -0.2) is 0 Å². The molecular formula is C13H10ClN3O2S2. The number of halogens is 1. The van der Waals surface area contributed by atoms with Crippen molar-refractivity contribution in [3.63, 3.8) is 0 Å². The number of carbonyl (C=O) groups excluding carboxylic acids is 1. The topological polar surface area (TPSA) is 59.2 Å². The molecule has 108 valence electrons. The minimum atomic E-state index is -0.163. The Morgan fingerprint density at radius 3 is 2.86 bits per heavy atom. The number of thioether (sulfide) groups is 1. The molecule has 1 aliphatic rings. The van der Waals surface area contributed by atoms with Crippen molar-refractivity contribution < 1.29 is 9.21 Å². The minimum absolute atomic E-state index is 0.0394. The zero-order valence-corrected chi connectivity index (χ0v) is 13.3. The van der Waals surface area contributed by atoms with E-state index in [4.69, 9.17) is 28.2 Å². The van der Waals surface area contributed by atoms with Crippen LogP contribution in [0.4, 0.5) is 0 Å². The third-order valence-corrected chi connectivity index (χ3v) is 4.79. The Bertz CT molecular complexity index is 719. The second-order valence-corrected chi connectivity index (χ2v) is 6.81. The van der Waals surface area contributed by atoms with Crippen LogP contribution in [0.5, 0.6) is 0 Å². The van der Waals surface area contributed by atoms with Crippen molar-refractivity contribution in [2.45, 2.75) is 18.7 Å². The van der Waals surface area contributed by atoms with E-state index in [9.17, 15) is 4.79 Å². The average molecular weight is 340 g/mol. The average Bonchev–Trinajstić information content (AvgIpc) is 3.01. The Labute approximate surface area is 135 Å². The van der Waals surface area contributed by atoms with Gasteiger partial charge < -0.3 is 4.42 Å². The number of nitrogens with zero attached hydrogens (tertiary/aromatic N) is 3. The van der Waals surface area contributed by atoms with E-state index in [1.807, 2.05) is 19.1 Å². The van der Waals surface area contributed by atoms with Gasteiger partial charge in [0.15, 0.2) is 0 Å². The van der Waals surface area contributed by atoms with E-state index in [1.165, 1.54) is 16.7 Å². The van der Waals surface area contributed by atoms with Gasteiger partial charge in [0.05, 0.1) is 15.8 Å². The Kier molecular flexibility index (Phi) is 3.97. The maximum absolute atomic E-state index is 12.0. The van der Waals surface area contributed by atoms with E-state index in [2.05, 4.69) is 10.2 Å². The normalized spacial score (nSPS) is 18.6. The standard InChI is InChI=1S/C13H10ClN3O2S2/c1-7-12(18)17(13(20)21-7)6-10-15-16-11(19-10)8-4-2-3-5-9(8)14/h2-5,7H,6H2,1H3. The molecule has 1 aliphatic heterocycles. The van der Waals surface area contributed by atoms with Gasteiger partial charge in [-0.2, -0.15) is 0 Å². The summed E-state index contributed by atoms with van der Waals surface area (Å²) in [6.07, 6.45) is 0. The van der Waals surface area contributed by atoms with Crippen LogP contribution in [0.3, 0.4) is 0 Å². The molecule has 0 N–H and O–H groups in total. The van der Waals surface area contributed by atoms with E-state index >= 15 is 0 Å². The fourth-order valence-corrected chi connectivity index (χ4v) is 3.53. The van der Waals surface area contributed by atoms with Gasteiger partial charge in [0.25, 0.3) is 0 Å². The van der Waals surface area contributed by atoms with Crippen LogP contribution in [0.1, 0.15) is 12.8 Å². The maximum atomic E-state index is 12.0. The lowest BCUT2D eigenvalue weighted by Gasteiger charge is -2.11. The van der Waals surface area contributed by atoms with Gasteiger partial charge in [-0.3, -0.25) is 9.69 Å². The summed E-state index contributed by atoms with van der Waals surface area (Å²) >= 11 is 12.6. The van der Waals surface area contributed by atoms with Crippen LogP contribution in [0.15, 0.2) is 28.7 Å². The van der Waals surface area contributed by atoms with Gasteiger partial charge in [0, 0.05) is 0 Å². The van der Waals surface area contributed by atoms with Gasteiger partial charge in [-0.1, -0.05) is 47.7 Å². The van der Waals surface area contributed by atoms with Gasteiger partial charge >= 0.3 is 0 Å². The molecule has 1 aromatic carbocycles. The number of hydrogen-bond acceptors (Lipinski definition) is 6. The maximum Gasteiger partial charge on any atom is 0.249 e. The molecule has 5 nitrogen and oxygen atoms in total. The molecule has 0 spiro atoms. The molecule has 8 heteroatoms. The largest absolute Gasteiger partial charge is 0.419 e. The number of benzene rings is 1. The molecule has 0 saturated carbocycles. The van der Waals surface area contributed by atoms with Gasteiger partial charge in [-0.15, -0.1) is 10.2 Å². The van der Waals surface area contributed by atoms with Crippen LogP contribution in [-0.2, 0) is 11.3 Å². The van der Waals surface area contributed by atoms with Crippen LogP contribution in [0.2, 0.25) is 5.02 Å². The number of rotatable bonds is 3. The van der Waals surface area contributed by atoms with Crippen molar-refractivity contribution in [1.82, 2.24) is 15.1 Å². The summed E-state index contributed by atoms with van der Waals surface area (Å²) in [7, 11) is 0. The molecular weight excluding hydrogens is 330 g/mol. The third kappa shape index (κ3) is 2.81. The zero-order chi connectivity index (χ0) is 15.0. The first-order chi connectivity index (χ1) is 10.1. The first kappa shape index (κ1) is 14.5. The van der Waals surface area contributed by atoms with Crippen LogP contribution >= 0.6 is 35.6 Å². The Morgan fingerprint density at radius 2 is 2.19 bits per heavy atom. The summed E-state index contributed by atoms with van der Waals surface area (Å²) in [4.78, 5) is 13.4. The summed E-state index contributed by atoms with van der Waals surface area (Å²) in [6.45, 7) is 2.01. The zero-order valence-electron chi connectivity index (χ0n) is 10.9. The molecule has 2 aromatic rings. The Morgan fingerprint density at radius 1 is 1.43 bits per heavy atom. The van der Waals surface area contributed by atoms with Gasteiger partial charge in [0.2, 0.25) is 17.7 Å². The summed E-state index contributed by atoms with van der Waals surface area (Å²) in [5.41, 5.74) is 0.663. The summed E-state index contributed by atoms with van der Waals surface area (Å²) < 4.78 is 6.11. The lowest BCUT2D eigenvalue weighted by Crippen LogP contribution is -2.30. The van der Waals surface area contributed by atoms with E-state index in [-0.39, 0.29) is 17.7 Å². The molecule has 21 heavy (non-hydrogen) atoms. The number of amides is 1. The minimum Gasteiger partial charge on any atom is -0.419 e. The Balaban J connectivity index is 1.82. The van der Waals surface area contributed by atoms with E-state index in [1.54, 1.807) is 12.1 Å². The van der Waals surface area contributed by atoms with Crippen molar-refractivity contribution in [1.29, 1.82) is 0 Å². The molecule has 3 rings (SSSR count). The number of hydrogen-bond donors (Lipinski definition) is 0. The fraction of sp³-hybridized carbons (Fsp3) is 0.231. The molecule has 1 atom stereocenters. The predicted octanol–water partition coefficient (Wildman–Crippen LogP) is 3.14. The van der Waals surface area contributed by atoms with Crippen molar-refractivity contribution in [3.8, 4) is 11.5 Å². The van der Waals surface area contributed by atoms with Crippen molar-refractivity contribution in [2.75, 3.05) is 0 Å². The van der Waals surface area contributed by atoms with E-state index < -0.39 is 0 Å². The van der Waals surface area contributed by atoms with Crippen molar-refractivity contribution in [2.24, 2.45) is 0 Å². The van der Waals surface area contributed by atoms with Crippen molar-refractivity contribution in [3.05, 3.63) is 35.2 Å². The predicted molar refractivity (Wildman–Crippen MR) is 84.9 cm³/mol.